The number of nitro groups is 1. The molecule has 0 bridgehead atoms. The number of anilines is 1. The van der Waals surface area contributed by atoms with Gasteiger partial charge in [0.2, 0.25) is 0 Å². The van der Waals surface area contributed by atoms with Crippen molar-refractivity contribution in [3.63, 3.8) is 0 Å². The number of hydrogen-bond donors (Lipinski definition) is 0. The van der Waals surface area contributed by atoms with Crippen LogP contribution < -0.4 is 9.64 Å². The molecule has 0 radical (unpaired) electrons. The maximum atomic E-state index is 12.6. The summed E-state index contributed by atoms with van der Waals surface area (Å²) < 4.78 is 10.6. The van der Waals surface area contributed by atoms with Gasteiger partial charge in [-0.15, -0.1) is 0 Å². The number of rotatable bonds is 6. The van der Waals surface area contributed by atoms with Crippen LogP contribution >= 0.6 is 0 Å². The van der Waals surface area contributed by atoms with Gasteiger partial charge < -0.3 is 19.6 Å². The van der Waals surface area contributed by atoms with Gasteiger partial charge in [-0.2, -0.15) is 0 Å². The molecule has 1 amide bonds. The summed E-state index contributed by atoms with van der Waals surface area (Å²) in [6.07, 6.45) is 0.253. The molecule has 9 heteroatoms. The van der Waals surface area contributed by atoms with Crippen LogP contribution in [0.2, 0.25) is 0 Å². The molecular weight excluding hydrogens is 354 g/mol. The molecule has 1 aromatic carbocycles. The Balaban J connectivity index is 1.86. The van der Waals surface area contributed by atoms with Crippen LogP contribution in [0.3, 0.4) is 0 Å². The molecule has 0 saturated heterocycles. The summed E-state index contributed by atoms with van der Waals surface area (Å²) in [6.45, 7) is 1.49. The number of carbonyl (C=O) groups is 2. The lowest BCUT2D eigenvalue weighted by Crippen LogP contribution is -2.50. The molecule has 140 valence electrons. The normalized spacial score (nSPS) is 14.1. The van der Waals surface area contributed by atoms with Crippen molar-refractivity contribution >= 4 is 23.5 Å². The van der Waals surface area contributed by atoms with Crippen LogP contribution in [0.15, 0.2) is 42.5 Å². The number of benzene rings is 1. The van der Waals surface area contributed by atoms with Gasteiger partial charge in [-0.1, -0.05) is 37.3 Å². The predicted octanol–water partition coefficient (Wildman–Crippen LogP) is 2.24. The number of pyridine rings is 1. The van der Waals surface area contributed by atoms with Gasteiger partial charge >= 0.3 is 11.8 Å². The van der Waals surface area contributed by atoms with E-state index in [0.717, 1.165) is 10.5 Å². The Kier molecular flexibility index (Phi) is 5.30. The summed E-state index contributed by atoms with van der Waals surface area (Å²) >= 11 is 0. The smallest absolute Gasteiger partial charge is 0.366 e. The van der Waals surface area contributed by atoms with Crippen molar-refractivity contribution in [2.75, 3.05) is 11.5 Å². The second-order valence-electron chi connectivity index (χ2n) is 5.82. The molecule has 27 heavy (non-hydrogen) atoms. The van der Waals surface area contributed by atoms with Crippen molar-refractivity contribution in [1.82, 2.24) is 4.98 Å². The van der Waals surface area contributed by atoms with Gasteiger partial charge in [0.15, 0.2) is 12.4 Å². The van der Waals surface area contributed by atoms with E-state index in [9.17, 15) is 19.7 Å². The summed E-state index contributed by atoms with van der Waals surface area (Å²) in [5, 5.41) is 11.0. The monoisotopic (exact) mass is 371 g/mol. The third kappa shape index (κ3) is 3.86. The molecule has 1 aromatic heterocycles. The van der Waals surface area contributed by atoms with Crippen LogP contribution in [-0.4, -0.2) is 34.4 Å². The first kappa shape index (κ1) is 18.3. The van der Waals surface area contributed by atoms with Gasteiger partial charge in [0, 0.05) is 6.07 Å². The van der Waals surface area contributed by atoms with Gasteiger partial charge in [-0.25, -0.2) is 4.79 Å². The third-order valence-electron chi connectivity index (χ3n) is 4.05. The van der Waals surface area contributed by atoms with E-state index in [1.807, 2.05) is 30.3 Å². The van der Waals surface area contributed by atoms with Crippen LogP contribution in [0, 0.1) is 10.1 Å². The average molecular weight is 371 g/mol. The van der Waals surface area contributed by atoms with Gasteiger partial charge in [-0.05, 0) is 28.0 Å². The lowest BCUT2D eigenvalue weighted by atomic mass is 10.1. The number of aromatic nitrogens is 1. The molecular formula is C18H17N3O6. The molecule has 2 aromatic rings. The van der Waals surface area contributed by atoms with Gasteiger partial charge in [0.1, 0.15) is 12.6 Å². The Morgan fingerprint density at radius 2 is 2.07 bits per heavy atom. The van der Waals surface area contributed by atoms with Crippen molar-refractivity contribution in [3.8, 4) is 5.75 Å². The van der Waals surface area contributed by atoms with E-state index >= 15 is 0 Å². The highest BCUT2D eigenvalue weighted by atomic mass is 16.6. The first-order valence-electron chi connectivity index (χ1n) is 8.32. The molecule has 0 N–H and O–H groups in total. The third-order valence-corrected chi connectivity index (χ3v) is 4.05. The van der Waals surface area contributed by atoms with E-state index in [1.54, 1.807) is 6.92 Å². The maximum absolute atomic E-state index is 12.6. The second kappa shape index (κ2) is 7.81. The lowest BCUT2D eigenvalue weighted by Gasteiger charge is -2.30. The van der Waals surface area contributed by atoms with E-state index in [1.165, 1.54) is 12.1 Å². The fourth-order valence-corrected chi connectivity index (χ4v) is 2.74. The highest BCUT2D eigenvalue weighted by Crippen LogP contribution is 2.34. The molecule has 9 nitrogen and oxygen atoms in total. The molecule has 1 aliphatic heterocycles. The highest BCUT2D eigenvalue weighted by molar-refractivity contribution is 6.02. The molecule has 2 heterocycles. The predicted molar refractivity (Wildman–Crippen MR) is 94.2 cm³/mol. The van der Waals surface area contributed by atoms with E-state index in [2.05, 4.69) is 4.98 Å². The maximum Gasteiger partial charge on any atom is 0.366 e. The Morgan fingerprint density at radius 3 is 2.74 bits per heavy atom. The number of fused-ring (bicyclic) bond motifs is 1. The molecule has 3 rings (SSSR count). The van der Waals surface area contributed by atoms with E-state index in [0.29, 0.717) is 0 Å². The zero-order valence-corrected chi connectivity index (χ0v) is 14.5. The minimum Gasteiger partial charge on any atom is -0.477 e. The Morgan fingerprint density at radius 1 is 1.33 bits per heavy atom. The topological polar surface area (TPSA) is 112 Å². The number of carbonyl (C=O) groups excluding carboxylic acids is 2. The van der Waals surface area contributed by atoms with Crippen LogP contribution in [0.5, 0.6) is 5.75 Å². The van der Waals surface area contributed by atoms with Crippen LogP contribution in [0.4, 0.5) is 11.6 Å². The van der Waals surface area contributed by atoms with Crippen molar-refractivity contribution in [2.45, 2.75) is 26.0 Å². The van der Waals surface area contributed by atoms with E-state index in [4.69, 9.17) is 9.47 Å². The fourth-order valence-electron chi connectivity index (χ4n) is 2.74. The zero-order valence-electron chi connectivity index (χ0n) is 14.5. The first-order valence-corrected chi connectivity index (χ1v) is 8.32. The molecule has 1 unspecified atom stereocenters. The molecule has 0 aliphatic carbocycles. The number of amides is 1. The summed E-state index contributed by atoms with van der Waals surface area (Å²) in [4.78, 5) is 40.4. The molecule has 0 fully saturated rings. The minimum atomic E-state index is -0.960. The van der Waals surface area contributed by atoms with Gasteiger partial charge in [0.25, 0.3) is 11.7 Å². The Labute approximate surface area is 154 Å². The summed E-state index contributed by atoms with van der Waals surface area (Å²) in [7, 11) is 0. The standard InChI is InChI=1S/C18H17N3O6/c1-2-13(18(23)27-10-12-6-4-3-5-7-12)20-16(22)11-26-14-8-9-15(21(24)25)19-17(14)20/h3-9,13H,2,10-11H2,1H3. The Hall–Kier alpha value is -3.49. The Bertz CT molecular complexity index is 871. The van der Waals surface area contributed by atoms with Crippen molar-refractivity contribution < 1.29 is 24.0 Å². The second-order valence-corrected chi connectivity index (χ2v) is 5.82. The number of ether oxygens (including phenoxy) is 2. The quantitative estimate of drug-likeness (QED) is 0.435. The lowest BCUT2D eigenvalue weighted by molar-refractivity contribution is -0.389. The number of esters is 1. The van der Waals surface area contributed by atoms with Crippen LogP contribution in [-0.2, 0) is 20.9 Å². The number of nitrogens with zero attached hydrogens (tertiary/aromatic N) is 3. The minimum absolute atomic E-state index is 0.0519. The molecule has 1 atom stereocenters. The molecule has 0 spiro atoms. The highest BCUT2D eigenvalue weighted by Gasteiger charge is 2.40. The average Bonchev–Trinajstić information content (AvgIpc) is 2.68. The van der Waals surface area contributed by atoms with Gasteiger partial charge in [0.05, 0.1) is 0 Å². The summed E-state index contributed by atoms with van der Waals surface area (Å²) in [5.41, 5.74) is 0.808. The van der Waals surface area contributed by atoms with E-state index < -0.39 is 28.7 Å². The molecule has 1 aliphatic rings. The number of hydrogen-bond acceptors (Lipinski definition) is 7. The van der Waals surface area contributed by atoms with Gasteiger partial charge in [-0.3, -0.25) is 9.69 Å². The van der Waals surface area contributed by atoms with Crippen molar-refractivity contribution in [2.24, 2.45) is 0 Å². The molecule has 0 saturated carbocycles. The fraction of sp³-hybridized carbons (Fsp3) is 0.278. The summed E-state index contributed by atoms with van der Waals surface area (Å²) in [5.74, 6) is -1.42. The van der Waals surface area contributed by atoms with Crippen LogP contribution in [0.1, 0.15) is 18.9 Å². The van der Waals surface area contributed by atoms with Crippen molar-refractivity contribution in [1.29, 1.82) is 0 Å². The van der Waals surface area contributed by atoms with Crippen LogP contribution in [0.25, 0.3) is 0 Å². The SMILES string of the molecule is CCC(C(=O)OCc1ccccc1)N1C(=O)COc2ccc([N+](=O)[O-])nc21. The summed E-state index contributed by atoms with van der Waals surface area (Å²) in [6, 6.07) is 10.7. The zero-order chi connectivity index (χ0) is 19.4. The van der Waals surface area contributed by atoms with Crippen molar-refractivity contribution in [3.05, 3.63) is 58.1 Å². The first-order chi connectivity index (χ1) is 13.0. The largest absolute Gasteiger partial charge is 0.477 e. The van der Waals surface area contributed by atoms with E-state index in [-0.39, 0.29) is 31.2 Å².